The van der Waals surface area contributed by atoms with E-state index < -0.39 is 0 Å². The maximum atomic E-state index is 13.7. The van der Waals surface area contributed by atoms with Gasteiger partial charge in [-0.25, -0.2) is 0 Å². The zero-order valence-electron chi connectivity index (χ0n) is 15.8. The lowest BCUT2D eigenvalue weighted by atomic mass is 9.55. The third-order valence-corrected chi connectivity index (χ3v) is 8.51. The summed E-state index contributed by atoms with van der Waals surface area (Å²) in [6.45, 7) is 0. The second-order valence-corrected chi connectivity index (χ2v) is 9.55. The smallest absolute Gasteiger partial charge is 0.234 e. The van der Waals surface area contributed by atoms with Gasteiger partial charge >= 0.3 is 0 Å². The zero-order chi connectivity index (χ0) is 18.6. The number of rotatable bonds is 1. The molecule has 4 bridgehead atoms. The van der Waals surface area contributed by atoms with E-state index in [0.717, 1.165) is 12.3 Å². The molecule has 140 valence electrons. The van der Waals surface area contributed by atoms with E-state index in [1.54, 1.807) is 4.90 Å². The second-order valence-electron chi connectivity index (χ2n) is 9.55. The molecule has 3 nitrogen and oxygen atoms in total. The van der Waals surface area contributed by atoms with Gasteiger partial charge in [-0.15, -0.1) is 0 Å². The third kappa shape index (κ3) is 1.68. The van der Waals surface area contributed by atoms with Crippen molar-refractivity contribution in [2.75, 3.05) is 0 Å². The van der Waals surface area contributed by atoms with Gasteiger partial charge in [0, 0.05) is 17.9 Å². The molecule has 5 atom stereocenters. The molecule has 2 saturated carbocycles. The number of carbonyl (C=O) groups excluding carboxylic acids is 2. The molecular formula is C25H23NO2. The van der Waals surface area contributed by atoms with Crippen LogP contribution in [0.3, 0.4) is 0 Å². The number of likely N-dealkylation sites (tertiary alicyclic amines) is 1. The Morgan fingerprint density at radius 2 is 1.18 bits per heavy atom. The highest BCUT2D eigenvalue weighted by Crippen LogP contribution is 2.62. The molecule has 0 radical (unpaired) electrons. The van der Waals surface area contributed by atoms with Crippen LogP contribution < -0.4 is 0 Å². The topological polar surface area (TPSA) is 37.4 Å². The van der Waals surface area contributed by atoms with Gasteiger partial charge in [-0.3, -0.25) is 14.5 Å². The highest BCUT2D eigenvalue weighted by Gasteiger charge is 2.63. The molecule has 3 heteroatoms. The average Bonchev–Trinajstić information content (AvgIpc) is 3.42. The van der Waals surface area contributed by atoms with Crippen LogP contribution in [0.25, 0.3) is 0 Å². The fraction of sp³-hybridized carbons (Fsp3) is 0.440. The van der Waals surface area contributed by atoms with E-state index in [1.165, 1.54) is 41.5 Å². The Hall–Kier alpha value is -2.42. The summed E-state index contributed by atoms with van der Waals surface area (Å²) in [4.78, 5) is 29.2. The lowest BCUT2D eigenvalue weighted by molar-refractivity contribution is -0.144. The number of imide groups is 1. The first-order chi connectivity index (χ1) is 13.7. The van der Waals surface area contributed by atoms with Gasteiger partial charge in [0.2, 0.25) is 11.8 Å². The summed E-state index contributed by atoms with van der Waals surface area (Å²) in [6, 6.07) is 17.2. The predicted molar refractivity (Wildman–Crippen MR) is 105 cm³/mol. The van der Waals surface area contributed by atoms with E-state index in [2.05, 4.69) is 48.5 Å². The molecule has 6 aliphatic rings. The fourth-order valence-corrected chi connectivity index (χ4v) is 7.55. The van der Waals surface area contributed by atoms with Gasteiger partial charge in [-0.05, 0) is 53.4 Å². The Morgan fingerprint density at radius 1 is 0.679 bits per heavy atom. The van der Waals surface area contributed by atoms with Crippen LogP contribution in [0.5, 0.6) is 0 Å². The molecule has 2 aromatic rings. The van der Waals surface area contributed by atoms with Crippen LogP contribution in [-0.4, -0.2) is 22.8 Å². The summed E-state index contributed by atoms with van der Waals surface area (Å²) in [5.41, 5.74) is 5.07. The molecule has 2 aromatic carbocycles. The van der Waals surface area contributed by atoms with Gasteiger partial charge in [0.05, 0.1) is 11.8 Å². The van der Waals surface area contributed by atoms with Crippen molar-refractivity contribution in [2.45, 2.75) is 43.6 Å². The van der Waals surface area contributed by atoms with E-state index in [4.69, 9.17) is 0 Å². The van der Waals surface area contributed by atoms with Gasteiger partial charge in [-0.1, -0.05) is 55.0 Å². The fourth-order valence-electron chi connectivity index (χ4n) is 7.55. The van der Waals surface area contributed by atoms with Crippen molar-refractivity contribution < 1.29 is 9.59 Å². The van der Waals surface area contributed by atoms with Crippen LogP contribution in [0.1, 0.15) is 59.8 Å². The quantitative estimate of drug-likeness (QED) is 0.711. The molecule has 8 rings (SSSR count). The molecular weight excluding hydrogens is 346 g/mol. The van der Waals surface area contributed by atoms with E-state index in [1.807, 2.05) is 0 Å². The Kier molecular flexibility index (Phi) is 2.84. The second kappa shape index (κ2) is 5.14. The maximum absolute atomic E-state index is 13.7. The summed E-state index contributed by atoms with van der Waals surface area (Å²) in [6.07, 6.45) is 4.72. The minimum Gasteiger partial charge on any atom is -0.279 e. The van der Waals surface area contributed by atoms with Crippen molar-refractivity contribution in [1.29, 1.82) is 0 Å². The van der Waals surface area contributed by atoms with Gasteiger partial charge in [0.1, 0.15) is 0 Å². The molecule has 5 aliphatic carbocycles. The summed E-state index contributed by atoms with van der Waals surface area (Å²) < 4.78 is 0. The number of carbonyl (C=O) groups is 2. The highest BCUT2D eigenvalue weighted by atomic mass is 16.2. The molecule has 1 heterocycles. The van der Waals surface area contributed by atoms with Crippen molar-refractivity contribution in [1.82, 2.24) is 4.90 Å². The van der Waals surface area contributed by atoms with Crippen LogP contribution in [-0.2, 0) is 9.59 Å². The van der Waals surface area contributed by atoms with Gasteiger partial charge in [0.15, 0.2) is 0 Å². The molecule has 0 aromatic heterocycles. The number of nitrogens with zero attached hydrogens (tertiary/aromatic N) is 1. The van der Waals surface area contributed by atoms with Crippen LogP contribution in [0.2, 0.25) is 0 Å². The van der Waals surface area contributed by atoms with Crippen LogP contribution in [0.15, 0.2) is 48.5 Å². The lowest BCUT2D eigenvalue weighted by Crippen LogP contribution is -2.43. The Balaban J connectivity index is 1.40. The van der Waals surface area contributed by atoms with Gasteiger partial charge in [-0.2, -0.15) is 0 Å². The first kappa shape index (κ1) is 15.5. The first-order valence-electron chi connectivity index (χ1n) is 10.8. The molecule has 1 aliphatic heterocycles. The summed E-state index contributed by atoms with van der Waals surface area (Å²) >= 11 is 0. The molecule has 28 heavy (non-hydrogen) atoms. The Labute approximate surface area is 164 Å². The van der Waals surface area contributed by atoms with E-state index in [-0.39, 0.29) is 41.5 Å². The maximum Gasteiger partial charge on any atom is 0.234 e. The minimum atomic E-state index is -0.207. The van der Waals surface area contributed by atoms with Crippen LogP contribution in [0, 0.1) is 23.7 Å². The Morgan fingerprint density at radius 3 is 1.57 bits per heavy atom. The largest absolute Gasteiger partial charge is 0.279 e. The SMILES string of the molecule is O=C1[C@@H]2C3c4ccccc4C(c4ccccc43)[C@H]2C(=O)N1[C@@H]1C[C@H]2CC[C@H]1C2. The van der Waals surface area contributed by atoms with Crippen molar-refractivity contribution in [3.8, 4) is 0 Å². The van der Waals surface area contributed by atoms with E-state index in [9.17, 15) is 9.59 Å². The lowest BCUT2D eigenvalue weighted by Gasteiger charge is -2.45. The van der Waals surface area contributed by atoms with Crippen molar-refractivity contribution in [2.24, 2.45) is 23.7 Å². The number of hydrogen-bond donors (Lipinski definition) is 0. The van der Waals surface area contributed by atoms with Crippen molar-refractivity contribution >= 4 is 11.8 Å². The van der Waals surface area contributed by atoms with Crippen molar-refractivity contribution in [3.05, 3.63) is 70.8 Å². The molecule has 1 saturated heterocycles. The number of hydrogen-bond acceptors (Lipinski definition) is 2. The molecule has 0 N–H and O–H groups in total. The van der Waals surface area contributed by atoms with Gasteiger partial charge < -0.3 is 0 Å². The molecule has 0 spiro atoms. The van der Waals surface area contributed by atoms with E-state index in [0.29, 0.717) is 5.92 Å². The van der Waals surface area contributed by atoms with Crippen LogP contribution in [0.4, 0.5) is 0 Å². The zero-order valence-corrected chi connectivity index (χ0v) is 15.8. The number of amides is 2. The predicted octanol–water partition coefficient (Wildman–Crippen LogP) is 4.07. The summed E-state index contributed by atoms with van der Waals surface area (Å²) in [5.74, 6) is 1.15. The molecule has 0 unspecified atom stereocenters. The number of fused-ring (bicyclic) bond motifs is 2. The van der Waals surface area contributed by atoms with Crippen molar-refractivity contribution in [3.63, 3.8) is 0 Å². The molecule has 3 fully saturated rings. The number of benzene rings is 2. The first-order valence-corrected chi connectivity index (χ1v) is 10.8. The Bertz CT molecular complexity index is 927. The molecule has 2 amide bonds. The standard InChI is InChI=1S/C25H23NO2/c27-24-22-20-15-5-1-2-6-16(15)21(18-8-4-3-7-17(18)20)23(22)25(28)26(24)19-12-13-9-10-14(19)11-13/h1-8,13-14,19-23H,9-12H2/t13-,14-,19+,20?,21?,22+,23+/m0/s1. The minimum absolute atomic E-state index is 0.0300. The van der Waals surface area contributed by atoms with Gasteiger partial charge in [0.25, 0.3) is 0 Å². The van der Waals surface area contributed by atoms with Crippen LogP contribution >= 0.6 is 0 Å². The summed E-state index contributed by atoms with van der Waals surface area (Å²) in [5, 5.41) is 0. The highest BCUT2D eigenvalue weighted by molar-refractivity contribution is 6.08. The monoisotopic (exact) mass is 369 g/mol. The third-order valence-electron chi connectivity index (χ3n) is 8.51. The van der Waals surface area contributed by atoms with E-state index >= 15 is 0 Å². The summed E-state index contributed by atoms with van der Waals surface area (Å²) in [7, 11) is 0. The average molecular weight is 369 g/mol. The normalized spacial score (nSPS) is 39.3.